The summed E-state index contributed by atoms with van der Waals surface area (Å²) in [7, 11) is 0. The van der Waals surface area contributed by atoms with Crippen molar-refractivity contribution in [1.29, 1.82) is 0 Å². The molecule has 0 bridgehead atoms. The van der Waals surface area contributed by atoms with Gasteiger partial charge in [0, 0.05) is 18.0 Å². The fraction of sp³-hybridized carbons (Fsp3) is 0.130. The first kappa shape index (κ1) is 22.8. The number of carbonyl (C=O) groups is 1. The van der Waals surface area contributed by atoms with Crippen molar-refractivity contribution in [3.63, 3.8) is 0 Å². The van der Waals surface area contributed by atoms with E-state index in [1.807, 2.05) is 0 Å². The van der Waals surface area contributed by atoms with Crippen LogP contribution in [0.4, 0.5) is 13.2 Å². The number of nitrogens with one attached hydrogen (secondary N) is 1. The molecule has 0 spiro atoms. The smallest absolute Gasteiger partial charge is 0.416 e. The average molecular weight is 470 g/mol. The SMILES string of the molecule is Cc1c(Cn2c(=O)c(C(=O)O)cn(-c3ccc(-c4cc[nH]n4)cc3)c2=O)cccc1C(F)(F)F. The molecule has 0 saturated carbocycles. The lowest BCUT2D eigenvalue weighted by Gasteiger charge is -2.16. The number of aromatic amines is 1. The number of aromatic carboxylic acids is 1. The fourth-order valence-electron chi connectivity index (χ4n) is 3.62. The Morgan fingerprint density at radius 2 is 1.79 bits per heavy atom. The number of H-pyrrole nitrogens is 1. The van der Waals surface area contributed by atoms with Gasteiger partial charge in [0.1, 0.15) is 5.56 Å². The predicted octanol–water partition coefficient (Wildman–Crippen LogP) is 3.46. The lowest BCUT2D eigenvalue weighted by molar-refractivity contribution is -0.138. The second-order valence-corrected chi connectivity index (χ2v) is 7.49. The number of hydrogen-bond acceptors (Lipinski definition) is 4. The Balaban J connectivity index is 1.85. The van der Waals surface area contributed by atoms with E-state index in [0.29, 0.717) is 10.3 Å². The average Bonchev–Trinajstić information content (AvgIpc) is 3.32. The molecular formula is C23H17F3N4O4. The molecule has 0 aliphatic heterocycles. The summed E-state index contributed by atoms with van der Waals surface area (Å²) in [5.41, 5.74) is -2.05. The molecule has 0 saturated heterocycles. The highest BCUT2D eigenvalue weighted by atomic mass is 19.4. The van der Waals surface area contributed by atoms with Gasteiger partial charge in [-0.2, -0.15) is 18.3 Å². The van der Waals surface area contributed by atoms with Gasteiger partial charge in [0.15, 0.2) is 0 Å². The summed E-state index contributed by atoms with van der Waals surface area (Å²) < 4.78 is 41.5. The highest BCUT2D eigenvalue weighted by Crippen LogP contribution is 2.33. The second kappa shape index (κ2) is 8.50. The number of benzene rings is 2. The zero-order chi connectivity index (χ0) is 24.6. The molecule has 8 nitrogen and oxygen atoms in total. The maximum absolute atomic E-state index is 13.3. The molecule has 4 aromatic rings. The summed E-state index contributed by atoms with van der Waals surface area (Å²) >= 11 is 0. The van der Waals surface area contributed by atoms with Crippen molar-refractivity contribution >= 4 is 5.97 Å². The van der Waals surface area contributed by atoms with Gasteiger partial charge in [0.2, 0.25) is 0 Å². The first-order chi connectivity index (χ1) is 16.1. The third-order valence-electron chi connectivity index (χ3n) is 5.42. The van der Waals surface area contributed by atoms with Crippen LogP contribution in [0.2, 0.25) is 0 Å². The van der Waals surface area contributed by atoms with Crippen molar-refractivity contribution in [1.82, 2.24) is 19.3 Å². The van der Waals surface area contributed by atoms with Gasteiger partial charge < -0.3 is 5.11 Å². The van der Waals surface area contributed by atoms with Crippen LogP contribution in [-0.4, -0.2) is 30.4 Å². The minimum atomic E-state index is -4.62. The second-order valence-electron chi connectivity index (χ2n) is 7.49. The van der Waals surface area contributed by atoms with E-state index in [2.05, 4.69) is 10.2 Å². The highest BCUT2D eigenvalue weighted by Gasteiger charge is 2.33. The molecule has 4 rings (SSSR count). The Labute approximate surface area is 189 Å². The van der Waals surface area contributed by atoms with Gasteiger partial charge in [0.05, 0.1) is 23.5 Å². The summed E-state index contributed by atoms with van der Waals surface area (Å²) in [6, 6.07) is 11.6. The first-order valence-corrected chi connectivity index (χ1v) is 9.94. The van der Waals surface area contributed by atoms with E-state index in [1.165, 1.54) is 19.1 Å². The lowest BCUT2D eigenvalue weighted by atomic mass is 10.0. The molecule has 11 heteroatoms. The monoisotopic (exact) mass is 470 g/mol. The summed E-state index contributed by atoms with van der Waals surface area (Å²) in [5.74, 6) is -1.57. The standard InChI is InChI=1S/C23H17F3N4O4/c1-13-15(3-2-4-18(13)23(24,25)26)11-30-20(31)17(21(32)33)12-29(22(30)34)16-7-5-14(6-8-16)19-9-10-27-28-19/h2-10,12H,11H2,1H3,(H,27,28)(H,32,33). The largest absolute Gasteiger partial charge is 0.477 e. The maximum Gasteiger partial charge on any atom is 0.416 e. The van der Waals surface area contributed by atoms with Crippen LogP contribution in [0.5, 0.6) is 0 Å². The minimum Gasteiger partial charge on any atom is -0.477 e. The van der Waals surface area contributed by atoms with Crippen molar-refractivity contribution in [3.8, 4) is 16.9 Å². The first-order valence-electron chi connectivity index (χ1n) is 9.94. The number of nitrogens with zero attached hydrogens (tertiary/aromatic N) is 3. The van der Waals surface area contributed by atoms with Crippen LogP contribution in [0.1, 0.15) is 27.0 Å². The summed E-state index contributed by atoms with van der Waals surface area (Å²) in [6.07, 6.45) is -2.07. The van der Waals surface area contributed by atoms with Crippen molar-refractivity contribution in [2.24, 2.45) is 0 Å². The van der Waals surface area contributed by atoms with E-state index in [0.717, 1.165) is 22.4 Å². The van der Waals surface area contributed by atoms with Crippen molar-refractivity contribution in [3.05, 3.63) is 104 Å². The van der Waals surface area contributed by atoms with Crippen LogP contribution in [0.3, 0.4) is 0 Å². The van der Waals surface area contributed by atoms with Crippen molar-refractivity contribution < 1.29 is 23.1 Å². The predicted molar refractivity (Wildman–Crippen MR) is 116 cm³/mol. The number of aromatic nitrogens is 4. The number of halogens is 3. The van der Waals surface area contributed by atoms with E-state index in [-0.39, 0.29) is 16.8 Å². The normalized spacial score (nSPS) is 11.5. The number of carboxylic acid groups (broad SMARTS) is 1. The molecule has 2 aromatic heterocycles. The van der Waals surface area contributed by atoms with Crippen LogP contribution in [-0.2, 0) is 12.7 Å². The molecule has 0 fully saturated rings. The molecule has 0 aliphatic carbocycles. The molecule has 0 aliphatic rings. The van der Waals surface area contributed by atoms with Crippen molar-refractivity contribution in [2.75, 3.05) is 0 Å². The van der Waals surface area contributed by atoms with Gasteiger partial charge in [-0.15, -0.1) is 0 Å². The third kappa shape index (κ3) is 4.15. The third-order valence-corrected chi connectivity index (χ3v) is 5.42. The van der Waals surface area contributed by atoms with Crippen LogP contribution < -0.4 is 11.2 Å². The van der Waals surface area contributed by atoms with Gasteiger partial charge in [-0.3, -0.25) is 19.0 Å². The van der Waals surface area contributed by atoms with Crippen LogP contribution in [0.15, 0.2) is 70.5 Å². The molecule has 34 heavy (non-hydrogen) atoms. The Morgan fingerprint density at radius 3 is 2.38 bits per heavy atom. The van der Waals surface area contributed by atoms with Gasteiger partial charge in [0.25, 0.3) is 5.56 Å². The van der Waals surface area contributed by atoms with Gasteiger partial charge in [-0.05, 0) is 42.3 Å². The minimum absolute atomic E-state index is 0.0667. The van der Waals surface area contributed by atoms with Crippen LogP contribution in [0, 0.1) is 6.92 Å². The van der Waals surface area contributed by atoms with Gasteiger partial charge in [-0.25, -0.2) is 9.59 Å². The summed E-state index contributed by atoms with van der Waals surface area (Å²) in [6.45, 7) is 0.705. The Bertz CT molecular complexity index is 1480. The maximum atomic E-state index is 13.3. The van der Waals surface area contributed by atoms with Crippen LogP contribution >= 0.6 is 0 Å². The van der Waals surface area contributed by atoms with E-state index >= 15 is 0 Å². The molecule has 2 aromatic carbocycles. The van der Waals surface area contributed by atoms with E-state index in [4.69, 9.17) is 0 Å². The number of alkyl halides is 3. The van der Waals surface area contributed by atoms with Crippen LogP contribution in [0.25, 0.3) is 16.9 Å². The zero-order valence-electron chi connectivity index (χ0n) is 17.6. The summed E-state index contributed by atoms with van der Waals surface area (Å²) in [5, 5.41) is 16.2. The highest BCUT2D eigenvalue weighted by molar-refractivity contribution is 5.86. The van der Waals surface area contributed by atoms with E-state index < -0.39 is 41.1 Å². The molecule has 0 unspecified atom stereocenters. The molecule has 2 heterocycles. The van der Waals surface area contributed by atoms with E-state index in [1.54, 1.807) is 36.5 Å². The fourth-order valence-corrected chi connectivity index (χ4v) is 3.62. The van der Waals surface area contributed by atoms with Crippen molar-refractivity contribution in [2.45, 2.75) is 19.6 Å². The number of rotatable bonds is 5. The number of carboxylic acids is 1. The molecule has 0 radical (unpaired) electrons. The molecular weight excluding hydrogens is 453 g/mol. The Hall–Kier alpha value is -4.41. The zero-order valence-corrected chi connectivity index (χ0v) is 17.6. The topological polar surface area (TPSA) is 110 Å². The van der Waals surface area contributed by atoms with E-state index in [9.17, 15) is 32.7 Å². The quantitative estimate of drug-likeness (QED) is 0.464. The van der Waals surface area contributed by atoms with Gasteiger partial charge in [-0.1, -0.05) is 24.3 Å². The summed E-state index contributed by atoms with van der Waals surface area (Å²) in [4.78, 5) is 37.6. The molecule has 0 amide bonds. The molecule has 2 N–H and O–H groups in total. The molecule has 174 valence electrons. The Morgan fingerprint density at radius 1 is 1.09 bits per heavy atom. The van der Waals surface area contributed by atoms with Gasteiger partial charge >= 0.3 is 17.8 Å². The lowest BCUT2D eigenvalue weighted by Crippen LogP contribution is -2.42. The Kier molecular flexibility index (Phi) is 5.70. The molecule has 0 atom stereocenters. The number of hydrogen-bond donors (Lipinski definition) is 2.